The lowest BCUT2D eigenvalue weighted by atomic mass is 9.81. The number of aromatic nitrogens is 1. The van der Waals surface area contributed by atoms with E-state index in [1.54, 1.807) is 0 Å². The molecule has 1 nitrogen and oxygen atoms in total. The van der Waals surface area contributed by atoms with E-state index in [-0.39, 0.29) is 5.41 Å². The van der Waals surface area contributed by atoms with Gasteiger partial charge in [-0.05, 0) is 131 Å². The molecule has 11 aromatic rings. The van der Waals surface area contributed by atoms with Crippen molar-refractivity contribution in [1.82, 2.24) is 4.57 Å². The molecule has 1 aromatic heterocycles. The molecule has 1 aliphatic carbocycles. The van der Waals surface area contributed by atoms with Crippen LogP contribution in [0, 0.1) is 0 Å². The SMILES string of the molecule is CC1(C)c2cc(-c3cccc4ccccc34)ccc2-c2ccc(-n3c4ccc(-c5ccc(-c6ccccc6)cc5)cc4c4cc(-c5ccc(-c6ccccc6)cc5)ccc43)cc21. The summed E-state index contributed by atoms with van der Waals surface area (Å²) in [4.78, 5) is 0. The molecule has 0 amide bonds. The largest absolute Gasteiger partial charge is 0.309 e. The quantitative estimate of drug-likeness (QED) is 0.158. The molecule has 0 radical (unpaired) electrons. The van der Waals surface area contributed by atoms with Gasteiger partial charge in [0, 0.05) is 21.9 Å². The van der Waals surface area contributed by atoms with Crippen molar-refractivity contribution in [2.24, 2.45) is 0 Å². The Kier molecular flexibility index (Phi) is 8.27. The maximum Gasteiger partial charge on any atom is 0.0541 e. The van der Waals surface area contributed by atoms with Crippen LogP contribution in [0.5, 0.6) is 0 Å². The van der Waals surface area contributed by atoms with Crippen LogP contribution in [-0.2, 0) is 5.41 Å². The highest BCUT2D eigenvalue weighted by atomic mass is 15.0. The fourth-order valence-electron chi connectivity index (χ4n) is 10.1. The first-order chi connectivity index (χ1) is 30.5. The van der Waals surface area contributed by atoms with Gasteiger partial charge in [-0.1, -0.05) is 196 Å². The van der Waals surface area contributed by atoms with E-state index in [0.29, 0.717) is 0 Å². The summed E-state index contributed by atoms with van der Waals surface area (Å²) in [6.45, 7) is 4.79. The molecule has 0 fully saturated rings. The van der Waals surface area contributed by atoms with Crippen molar-refractivity contribution in [3.05, 3.63) is 236 Å². The van der Waals surface area contributed by atoms with Crippen LogP contribution in [0.25, 0.3) is 105 Å². The van der Waals surface area contributed by atoms with Crippen molar-refractivity contribution in [2.45, 2.75) is 19.3 Å². The number of hydrogen-bond donors (Lipinski definition) is 0. The van der Waals surface area contributed by atoms with Crippen molar-refractivity contribution < 1.29 is 0 Å². The summed E-state index contributed by atoms with van der Waals surface area (Å²) in [5.41, 5.74) is 21.1. The Balaban J connectivity index is 0.984. The van der Waals surface area contributed by atoms with Crippen LogP contribution in [-0.4, -0.2) is 4.57 Å². The zero-order chi connectivity index (χ0) is 41.4. The fraction of sp³-hybridized carbons (Fsp3) is 0.0492. The van der Waals surface area contributed by atoms with Crippen molar-refractivity contribution in [2.75, 3.05) is 0 Å². The van der Waals surface area contributed by atoms with Gasteiger partial charge in [-0.25, -0.2) is 0 Å². The minimum Gasteiger partial charge on any atom is -0.309 e. The lowest BCUT2D eigenvalue weighted by molar-refractivity contribution is 0.660. The van der Waals surface area contributed by atoms with Gasteiger partial charge in [-0.15, -0.1) is 0 Å². The number of benzene rings is 10. The van der Waals surface area contributed by atoms with E-state index in [4.69, 9.17) is 0 Å². The molecule has 0 atom stereocenters. The van der Waals surface area contributed by atoms with E-state index in [2.05, 4.69) is 243 Å². The number of rotatable bonds is 6. The summed E-state index contributed by atoms with van der Waals surface area (Å²) in [5, 5.41) is 5.05. The van der Waals surface area contributed by atoms with Gasteiger partial charge in [0.15, 0.2) is 0 Å². The van der Waals surface area contributed by atoms with Crippen LogP contribution in [0.3, 0.4) is 0 Å². The smallest absolute Gasteiger partial charge is 0.0541 e. The number of hydrogen-bond acceptors (Lipinski definition) is 0. The third-order valence-electron chi connectivity index (χ3n) is 13.4. The predicted molar refractivity (Wildman–Crippen MR) is 263 cm³/mol. The molecule has 0 unspecified atom stereocenters. The van der Waals surface area contributed by atoms with Gasteiger partial charge in [0.2, 0.25) is 0 Å². The van der Waals surface area contributed by atoms with Gasteiger partial charge in [-0.2, -0.15) is 0 Å². The Morgan fingerprint density at radius 3 is 1.31 bits per heavy atom. The predicted octanol–water partition coefficient (Wildman–Crippen LogP) is 16.6. The molecule has 0 saturated carbocycles. The molecule has 62 heavy (non-hydrogen) atoms. The fourth-order valence-corrected chi connectivity index (χ4v) is 10.1. The van der Waals surface area contributed by atoms with Gasteiger partial charge < -0.3 is 4.57 Å². The maximum atomic E-state index is 2.48. The zero-order valence-corrected chi connectivity index (χ0v) is 34.8. The standard InChI is InChI=1S/C61H43N/c1-61(2)57-38-49(52-19-11-17-46-16-9-10-18-51(46)52)28-32-53(57)54-33-31-50(39-58(54)61)62-59-34-29-47(44-24-20-42(21-25-44)40-12-5-3-6-13-40)36-55(59)56-37-48(30-35-60(56)62)45-26-22-43(23-27-45)41-14-7-4-8-15-41/h3-39H,1-2H3. The van der Waals surface area contributed by atoms with Gasteiger partial charge in [-0.3, -0.25) is 0 Å². The second-order valence-corrected chi connectivity index (χ2v) is 17.3. The third kappa shape index (κ3) is 5.85. The summed E-state index contributed by atoms with van der Waals surface area (Å²) in [7, 11) is 0. The zero-order valence-electron chi connectivity index (χ0n) is 34.8. The summed E-state index contributed by atoms with van der Waals surface area (Å²) in [5.74, 6) is 0. The molecular weight excluding hydrogens is 747 g/mol. The summed E-state index contributed by atoms with van der Waals surface area (Å²) in [6.07, 6.45) is 0. The average molecular weight is 790 g/mol. The Morgan fingerprint density at radius 2 is 0.726 bits per heavy atom. The van der Waals surface area contributed by atoms with E-state index in [1.165, 1.54) is 116 Å². The third-order valence-corrected chi connectivity index (χ3v) is 13.4. The minimum atomic E-state index is -0.182. The van der Waals surface area contributed by atoms with E-state index in [0.717, 1.165) is 0 Å². The number of nitrogens with zero attached hydrogens (tertiary/aromatic N) is 1. The maximum absolute atomic E-state index is 2.48. The molecule has 1 aliphatic rings. The van der Waals surface area contributed by atoms with Crippen LogP contribution in [0.1, 0.15) is 25.0 Å². The first-order valence-electron chi connectivity index (χ1n) is 21.7. The van der Waals surface area contributed by atoms with Crippen LogP contribution >= 0.6 is 0 Å². The lowest BCUT2D eigenvalue weighted by Gasteiger charge is -2.23. The molecule has 10 aromatic carbocycles. The first-order valence-corrected chi connectivity index (χ1v) is 21.7. The van der Waals surface area contributed by atoms with Crippen LogP contribution < -0.4 is 0 Å². The summed E-state index contributed by atoms with van der Waals surface area (Å²) in [6, 6.07) is 82.9. The van der Waals surface area contributed by atoms with Crippen molar-refractivity contribution >= 4 is 32.6 Å². The second kappa shape index (κ2) is 14.2. The van der Waals surface area contributed by atoms with E-state index < -0.39 is 0 Å². The van der Waals surface area contributed by atoms with Gasteiger partial charge in [0.25, 0.3) is 0 Å². The Bertz CT molecular complexity index is 3350. The van der Waals surface area contributed by atoms with Crippen LogP contribution in [0.4, 0.5) is 0 Å². The van der Waals surface area contributed by atoms with E-state index in [9.17, 15) is 0 Å². The molecule has 292 valence electrons. The van der Waals surface area contributed by atoms with Crippen molar-refractivity contribution in [3.8, 4) is 72.4 Å². The minimum absolute atomic E-state index is 0.182. The molecule has 0 spiro atoms. The summed E-state index contributed by atoms with van der Waals surface area (Å²) >= 11 is 0. The Labute approximate surface area is 362 Å². The van der Waals surface area contributed by atoms with Crippen LogP contribution in [0.2, 0.25) is 0 Å². The highest BCUT2D eigenvalue weighted by Gasteiger charge is 2.36. The first kappa shape index (κ1) is 36.1. The normalized spacial score (nSPS) is 12.8. The highest BCUT2D eigenvalue weighted by Crippen LogP contribution is 2.51. The molecule has 12 rings (SSSR count). The van der Waals surface area contributed by atoms with E-state index >= 15 is 0 Å². The molecular formula is C61H43N. The Hall–Kier alpha value is -7.74. The highest BCUT2D eigenvalue weighted by molar-refractivity contribution is 6.12. The topological polar surface area (TPSA) is 4.93 Å². The Morgan fingerprint density at radius 1 is 0.290 bits per heavy atom. The van der Waals surface area contributed by atoms with Gasteiger partial charge >= 0.3 is 0 Å². The number of fused-ring (bicyclic) bond motifs is 7. The van der Waals surface area contributed by atoms with Crippen LogP contribution in [0.15, 0.2) is 224 Å². The van der Waals surface area contributed by atoms with Gasteiger partial charge in [0.05, 0.1) is 11.0 Å². The van der Waals surface area contributed by atoms with Crippen molar-refractivity contribution in [1.29, 1.82) is 0 Å². The molecule has 0 saturated heterocycles. The monoisotopic (exact) mass is 789 g/mol. The second-order valence-electron chi connectivity index (χ2n) is 17.3. The molecule has 0 N–H and O–H groups in total. The molecule has 0 bridgehead atoms. The average Bonchev–Trinajstić information content (AvgIpc) is 3.78. The molecule has 1 heterocycles. The van der Waals surface area contributed by atoms with Gasteiger partial charge in [0.1, 0.15) is 0 Å². The molecule has 1 heteroatoms. The summed E-state index contributed by atoms with van der Waals surface area (Å²) < 4.78 is 2.48. The van der Waals surface area contributed by atoms with E-state index in [1.807, 2.05) is 0 Å². The molecule has 0 aliphatic heterocycles. The van der Waals surface area contributed by atoms with Crippen molar-refractivity contribution in [3.63, 3.8) is 0 Å². The lowest BCUT2D eigenvalue weighted by Crippen LogP contribution is -2.15.